The van der Waals surface area contributed by atoms with E-state index < -0.39 is 11.9 Å². The summed E-state index contributed by atoms with van der Waals surface area (Å²) < 4.78 is 36.9. The molecule has 2 heterocycles. The Morgan fingerprint density at radius 1 is 1.39 bits per heavy atom. The van der Waals surface area contributed by atoms with Crippen LogP contribution in [0.1, 0.15) is 12.6 Å². The van der Waals surface area contributed by atoms with Crippen molar-refractivity contribution < 1.29 is 13.2 Å². The number of aliphatic imine (C=N–C) groups is 1. The zero-order chi connectivity index (χ0) is 13.2. The molecule has 2 rings (SSSR count). The number of amidine groups is 1. The Hall–Kier alpha value is -1.24. The van der Waals surface area contributed by atoms with Crippen LogP contribution >= 0.6 is 11.8 Å². The maximum Gasteiger partial charge on any atom is 0.433 e. The zero-order valence-corrected chi connectivity index (χ0v) is 10.5. The van der Waals surface area contributed by atoms with Crippen LogP contribution in [0.5, 0.6) is 0 Å². The van der Waals surface area contributed by atoms with Crippen LogP contribution in [0.3, 0.4) is 0 Å². The molecule has 1 atom stereocenters. The summed E-state index contributed by atoms with van der Waals surface area (Å²) in [5.41, 5.74) is -0.372. The molecule has 1 aromatic heterocycles. The summed E-state index contributed by atoms with van der Waals surface area (Å²) in [5, 5.41) is 3.69. The molecule has 18 heavy (non-hydrogen) atoms. The van der Waals surface area contributed by atoms with Crippen molar-refractivity contribution >= 4 is 22.6 Å². The van der Waals surface area contributed by atoms with Gasteiger partial charge in [-0.2, -0.15) is 13.2 Å². The fourth-order valence-electron chi connectivity index (χ4n) is 1.39. The average molecular weight is 275 g/mol. The number of alkyl halides is 3. The Morgan fingerprint density at radius 2 is 2.17 bits per heavy atom. The highest BCUT2D eigenvalue weighted by atomic mass is 32.2. The SMILES string of the molecule is CC1CN=C(Nc2ccc(C(F)(F)F)nc2)SC1. The second kappa shape index (κ2) is 5.17. The molecular weight excluding hydrogens is 263 g/mol. The van der Waals surface area contributed by atoms with Gasteiger partial charge in [0.2, 0.25) is 0 Å². The second-order valence-electron chi connectivity index (χ2n) is 4.12. The van der Waals surface area contributed by atoms with Crippen LogP contribution < -0.4 is 5.32 Å². The number of nitrogens with one attached hydrogen (secondary N) is 1. The molecule has 0 saturated carbocycles. The summed E-state index contributed by atoms with van der Waals surface area (Å²) in [6.07, 6.45) is -3.23. The molecule has 0 radical (unpaired) electrons. The maximum atomic E-state index is 12.3. The van der Waals surface area contributed by atoms with Crippen molar-refractivity contribution in [2.45, 2.75) is 13.1 Å². The summed E-state index contributed by atoms with van der Waals surface area (Å²) in [6, 6.07) is 2.32. The number of hydrogen-bond donors (Lipinski definition) is 1. The first kappa shape index (κ1) is 13.2. The largest absolute Gasteiger partial charge is 0.433 e. The smallest absolute Gasteiger partial charge is 0.334 e. The lowest BCUT2D eigenvalue weighted by Crippen LogP contribution is -2.19. The maximum absolute atomic E-state index is 12.3. The number of hydrogen-bond acceptors (Lipinski definition) is 4. The topological polar surface area (TPSA) is 37.3 Å². The molecule has 1 aromatic rings. The van der Waals surface area contributed by atoms with Crippen LogP contribution in [0, 0.1) is 5.92 Å². The summed E-state index contributed by atoms with van der Waals surface area (Å²) in [7, 11) is 0. The Bertz CT molecular complexity index is 442. The van der Waals surface area contributed by atoms with E-state index in [2.05, 4.69) is 22.2 Å². The lowest BCUT2D eigenvalue weighted by molar-refractivity contribution is -0.141. The van der Waals surface area contributed by atoms with Crippen molar-refractivity contribution in [1.29, 1.82) is 0 Å². The Morgan fingerprint density at radius 3 is 2.67 bits per heavy atom. The third-order valence-electron chi connectivity index (χ3n) is 2.36. The van der Waals surface area contributed by atoms with E-state index in [0.717, 1.165) is 23.5 Å². The van der Waals surface area contributed by atoms with E-state index >= 15 is 0 Å². The molecule has 0 saturated heterocycles. The number of nitrogens with zero attached hydrogens (tertiary/aromatic N) is 2. The van der Waals surface area contributed by atoms with Gasteiger partial charge in [0, 0.05) is 12.3 Å². The van der Waals surface area contributed by atoms with Gasteiger partial charge in [-0.1, -0.05) is 18.7 Å². The van der Waals surface area contributed by atoms with Crippen LogP contribution in [0.15, 0.2) is 23.3 Å². The molecule has 98 valence electrons. The number of pyridine rings is 1. The third kappa shape index (κ3) is 3.38. The fraction of sp³-hybridized carbons (Fsp3) is 0.455. The molecule has 1 aliphatic rings. The zero-order valence-electron chi connectivity index (χ0n) is 9.66. The van der Waals surface area contributed by atoms with Gasteiger partial charge < -0.3 is 5.32 Å². The minimum Gasteiger partial charge on any atom is -0.334 e. The molecule has 7 heteroatoms. The van der Waals surface area contributed by atoms with Gasteiger partial charge in [0.1, 0.15) is 5.69 Å². The lowest BCUT2D eigenvalue weighted by Gasteiger charge is -2.17. The monoisotopic (exact) mass is 275 g/mol. The molecule has 0 aliphatic carbocycles. The number of halogens is 3. The summed E-state index contributed by atoms with van der Waals surface area (Å²) in [4.78, 5) is 7.67. The molecule has 1 unspecified atom stereocenters. The number of thioether (sulfide) groups is 1. The van der Waals surface area contributed by atoms with Gasteiger partial charge in [-0.15, -0.1) is 0 Å². The Kier molecular flexibility index (Phi) is 3.79. The van der Waals surface area contributed by atoms with Crippen molar-refractivity contribution in [3.8, 4) is 0 Å². The van der Waals surface area contributed by atoms with E-state index in [1.54, 1.807) is 11.8 Å². The Labute approximate surface area is 107 Å². The normalized spacial score (nSPS) is 20.4. The van der Waals surface area contributed by atoms with Crippen molar-refractivity contribution in [1.82, 2.24) is 4.98 Å². The highest BCUT2D eigenvalue weighted by Gasteiger charge is 2.32. The molecule has 3 nitrogen and oxygen atoms in total. The van der Waals surface area contributed by atoms with Gasteiger partial charge >= 0.3 is 6.18 Å². The molecular formula is C11H12F3N3S. The predicted molar refractivity (Wildman–Crippen MR) is 66.8 cm³/mol. The van der Waals surface area contributed by atoms with Gasteiger partial charge in [0.05, 0.1) is 11.9 Å². The first-order valence-corrected chi connectivity index (χ1v) is 6.41. The van der Waals surface area contributed by atoms with E-state index in [-0.39, 0.29) is 0 Å². The van der Waals surface area contributed by atoms with E-state index in [1.165, 1.54) is 12.3 Å². The van der Waals surface area contributed by atoms with Crippen molar-refractivity contribution in [3.63, 3.8) is 0 Å². The van der Waals surface area contributed by atoms with Crippen molar-refractivity contribution in [2.75, 3.05) is 17.6 Å². The average Bonchev–Trinajstić information content (AvgIpc) is 2.32. The predicted octanol–water partition coefficient (Wildman–Crippen LogP) is 3.25. The van der Waals surface area contributed by atoms with Crippen LogP contribution in [0.25, 0.3) is 0 Å². The first-order valence-electron chi connectivity index (χ1n) is 5.42. The van der Waals surface area contributed by atoms with Crippen LogP contribution in [-0.2, 0) is 6.18 Å². The molecule has 0 amide bonds. The Balaban J connectivity index is 2.03. The van der Waals surface area contributed by atoms with Gasteiger partial charge in [0.25, 0.3) is 0 Å². The molecule has 0 fully saturated rings. The number of aromatic nitrogens is 1. The number of anilines is 1. The van der Waals surface area contributed by atoms with E-state index in [9.17, 15) is 13.2 Å². The van der Waals surface area contributed by atoms with Crippen LogP contribution in [0.2, 0.25) is 0 Å². The quantitative estimate of drug-likeness (QED) is 0.854. The highest BCUT2D eigenvalue weighted by Crippen LogP contribution is 2.28. The minimum absolute atomic E-state index is 0.517. The third-order valence-corrected chi connectivity index (χ3v) is 3.60. The highest BCUT2D eigenvalue weighted by molar-refractivity contribution is 8.14. The number of rotatable bonds is 1. The van der Waals surface area contributed by atoms with Crippen LogP contribution in [-0.4, -0.2) is 22.4 Å². The summed E-state index contributed by atoms with van der Waals surface area (Å²) in [5.74, 6) is 1.49. The molecule has 0 spiro atoms. The molecule has 0 bridgehead atoms. The molecule has 0 aromatic carbocycles. The summed E-state index contributed by atoms with van der Waals surface area (Å²) in [6.45, 7) is 2.84. The minimum atomic E-state index is -4.40. The van der Waals surface area contributed by atoms with E-state index in [0.29, 0.717) is 11.6 Å². The van der Waals surface area contributed by atoms with E-state index in [4.69, 9.17) is 0 Å². The van der Waals surface area contributed by atoms with Crippen molar-refractivity contribution in [3.05, 3.63) is 24.0 Å². The van der Waals surface area contributed by atoms with Gasteiger partial charge in [-0.3, -0.25) is 4.99 Å². The van der Waals surface area contributed by atoms with Gasteiger partial charge in [-0.05, 0) is 18.1 Å². The molecule has 1 N–H and O–H groups in total. The second-order valence-corrected chi connectivity index (χ2v) is 5.13. The summed E-state index contributed by atoms with van der Waals surface area (Å²) >= 11 is 1.56. The van der Waals surface area contributed by atoms with Crippen LogP contribution in [0.4, 0.5) is 18.9 Å². The lowest BCUT2D eigenvalue weighted by atomic mass is 10.2. The fourth-order valence-corrected chi connectivity index (χ4v) is 2.30. The van der Waals surface area contributed by atoms with E-state index in [1.807, 2.05) is 0 Å². The molecule has 1 aliphatic heterocycles. The van der Waals surface area contributed by atoms with Crippen molar-refractivity contribution in [2.24, 2.45) is 10.9 Å². The first-order chi connectivity index (χ1) is 8.45. The van der Waals surface area contributed by atoms with Gasteiger partial charge in [-0.25, -0.2) is 4.98 Å². The standard InChI is InChI=1S/C11H12F3N3S/c1-7-4-16-10(18-6-7)17-8-2-3-9(15-5-8)11(12,13)14/h2-3,5,7H,4,6H2,1H3,(H,16,17). The van der Waals surface area contributed by atoms with Gasteiger partial charge in [0.15, 0.2) is 5.17 Å².